The molecule has 0 spiro atoms. The highest BCUT2D eigenvalue weighted by Crippen LogP contribution is 2.25. The normalized spacial score (nSPS) is 26.7. The summed E-state index contributed by atoms with van der Waals surface area (Å²) in [5.41, 5.74) is 0. The first-order valence-electron chi connectivity index (χ1n) is 8.60. The fourth-order valence-electron chi connectivity index (χ4n) is 3.07. The molecule has 1 heterocycles. The van der Waals surface area contributed by atoms with Crippen molar-refractivity contribution in [1.29, 1.82) is 0 Å². The maximum Gasteiger partial charge on any atom is 0.240 e. The highest BCUT2D eigenvalue weighted by Gasteiger charge is 2.45. The quantitative estimate of drug-likeness (QED) is 0.497. The van der Waals surface area contributed by atoms with Gasteiger partial charge < -0.3 is 19.8 Å². The van der Waals surface area contributed by atoms with Crippen molar-refractivity contribution in [3.8, 4) is 0 Å². The predicted octanol–water partition coefficient (Wildman–Crippen LogP) is -1.05. The number of aliphatic hydroxyl groups excluding tert-OH is 2. The van der Waals surface area contributed by atoms with Crippen molar-refractivity contribution >= 4 is 10.0 Å². The number of aliphatic hydroxyl groups is 2. The summed E-state index contributed by atoms with van der Waals surface area (Å²) in [5.74, 6) is 0. The lowest BCUT2D eigenvalue weighted by Gasteiger charge is -2.31. The molecule has 1 aromatic carbocycles. The number of ether oxygens (including phenoxy) is 1. The van der Waals surface area contributed by atoms with Crippen LogP contribution in [0.25, 0.3) is 0 Å². The monoisotopic (exact) mass is 387 g/mol. The van der Waals surface area contributed by atoms with Crippen LogP contribution in [0, 0.1) is 0 Å². The van der Waals surface area contributed by atoms with Crippen LogP contribution in [0.4, 0.5) is 0 Å². The Bertz CT molecular complexity index is 656. The topological polar surface area (TPSA) is 102 Å². The number of nitrogens with zero attached hydrogens (tertiary/aromatic N) is 2. The summed E-state index contributed by atoms with van der Waals surface area (Å²) >= 11 is 0. The van der Waals surface area contributed by atoms with E-state index in [0.717, 1.165) is 6.54 Å². The van der Waals surface area contributed by atoms with E-state index in [1.807, 2.05) is 30.9 Å². The molecule has 26 heavy (non-hydrogen) atoms. The average Bonchev–Trinajstić information content (AvgIpc) is 2.94. The molecule has 0 bridgehead atoms. The predicted molar refractivity (Wildman–Crippen MR) is 98.4 cm³/mol. The first kappa shape index (κ1) is 21.2. The van der Waals surface area contributed by atoms with Gasteiger partial charge in [-0.15, -0.1) is 0 Å². The van der Waals surface area contributed by atoms with E-state index in [1.54, 1.807) is 18.2 Å². The molecule has 0 unspecified atom stereocenters. The third-order valence-electron chi connectivity index (χ3n) is 4.58. The summed E-state index contributed by atoms with van der Waals surface area (Å²) in [6, 6.07) is 7.68. The fourth-order valence-corrected chi connectivity index (χ4v) is 4.14. The number of hydrogen-bond donors (Lipinski definition) is 3. The third kappa shape index (κ3) is 5.23. The molecule has 4 atom stereocenters. The van der Waals surface area contributed by atoms with Gasteiger partial charge in [0.1, 0.15) is 12.2 Å². The van der Waals surface area contributed by atoms with E-state index in [-0.39, 0.29) is 18.0 Å². The molecule has 9 heteroatoms. The smallest absolute Gasteiger partial charge is 0.240 e. The maximum absolute atomic E-state index is 12.4. The van der Waals surface area contributed by atoms with Crippen LogP contribution in [-0.4, -0.2) is 100 Å². The van der Waals surface area contributed by atoms with Crippen LogP contribution in [0.5, 0.6) is 0 Å². The number of hydrogen-bond acceptors (Lipinski definition) is 7. The molecule has 8 nitrogen and oxygen atoms in total. The zero-order valence-corrected chi connectivity index (χ0v) is 16.3. The van der Waals surface area contributed by atoms with Gasteiger partial charge in [0.15, 0.2) is 0 Å². The van der Waals surface area contributed by atoms with Gasteiger partial charge in [-0.3, -0.25) is 4.90 Å². The summed E-state index contributed by atoms with van der Waals surface area (Å²) in [6.45, 7) is 1.16. The van der Waals surface area contributed by atoms with Crippen LogP contribution < -0.4 is 4.72 Å². The molecular formula is C17H29N3O5S. The zero-order valence-electron chi connectivity index (χ0n) is 15.4. The molecule has 3 N–H and O–H groups in total. The molecule has 1 aliphatic rings. The Morgan fingerprint density at radius 1 is 1.12 bits per heavy atom. The molecule has 1 aliphatic heterocycles. The van der Waals surface area contributed by atoms with Gasteiger partial charge >= 0.3 is 0 Å². The first-order valence-corrected chi connectivity index (χ1v) is 10.1. The Morgan fingerprint density at radius 2 is 1.77 bits per heavy atom. The Hall–Kier alpha value is -1.07. The third-order valence-corrected chi connectivity index (χ3v) is 6.02. The van der Waals surface area contributed by atoms with Gasteiger partial charge in [-0.1, -0.05) is 18.2 Å². The van der Waals surface area contributed by atoms with Gasteiger partial charge in [0.05, 0.1) is 23.6 Å². The number of nitrogens with one attached hydrogen (secondary N) is 1. The van der Waals surface area contributed by atoms with Crippen molar-refractivity contribution in [2.45, 2.75) is 29.2 Å². The number of sulfonamides is 1. The highest BCUT2D eigenvalue weighted by atomic mass is 32.2. The largest absolute Gasteiger partial charge is 0.394 e. The first-order chi connectivity index (χ1) is 12.3. The minimum Gasteiger partial charge on any atom is -0.394 e. The Kier molecular flexibility index (Phi) is 7.53. The second-order valence-corrected chi connectivity index (χ2v) is 8.59. The van der Waals surface area contributed by atoms with Gasteiger partial charge in [-0.2, -0.15) is 0 Å². The minimum atomic E-state index is -3.67. The Labute approximate surface area is 155 Å². The second kappa shape index (κ2) is 9.23. The average molecular weight is 388 g/mol. The van der Waals surface area contributed by atoms with Crippen LogP contribution in [0.3, 0.4) is 0 Å². The van der Waals surface area contributed by atoms with Crippen molar-refractivity contribution < 1.29 is 23.4 Å². The Balaban J connectivity index is 2.07. The number of rotatable bonds is 9. The van der Waals surface area contributed by atoms with Crippen LogP contribution in [0.2, 0.25) is 0 Å². The molecule has 0 radical (unpaired) electrons. The van der Waals surface area contributed by atoms with Crippen LogP contribution >= 0.6 is 0 Å². The molecule has 1 aromatic rings. The van der Waals surface area contributed by atoms with E-state index < -0.39 is 34.4 Å². The molecule has 1 fully saturated rings. The van der Waals surface area contributed by atoms with Crippen LogP contribution in [0.15, 0.2) is 35.2 Å². The van der Waals surface area contributed by atoms with E-state index in [0.29, 0.717) is 6.54 Å². The summed E-state index contributed by atoms with van der Waals surface area (Å²) in [4.78, 5) is 4.15. The van der Waals surface area contributed by atoms with Crippen molar-refractivity contribution in [3.63, 3.8) is 0 Å². The van der Waals surface area contributed by atoms with E-state index in [2.05, 4.69) is 4.72 Å². The zero-order chi connectivity index (χ0) is 19.3. The van der Waals surface area contributed by atoms with E-state index in [1.165, 1.54) is 12.1 Å². The molecule has 1 saturated heterocycles. The summed E-state index contributed by atoms with van der Waals surface area (Å²) < 4.78 is 33.1. The van der Waals surface area contributed by atoms with E-state index >= 15 is 0 Å². The molecular weight excluding hydrogens is 358 g/mol. The van der Waals surface area contributed by atoms with Crippen molar-refractivity contribution in [2.75, 3.05) is 47.4 Å². The molecule has 0 amide bonds. The molecule has 2 rings (SSSR count). The fraction of sp³-hybridized carbons (Fsp3) is 0.647. The Morgan fingerprint density at radius 3 is 2.35 bits per heavy atom. The van der Waals surface area contributed by atoms with Gasteiger partial charge in [-0.25, -0.2) is 13.1 Å². The van der Waals surface area contributed by atoms with E-state index in [9.17, 15) is 18.6 Å². The highest BCUT2D eigenvalue weighted by molar-refractivity contribution is 7.89. The summed E-state index contributed by atoms with van der Waals surface area (Å²) in [6.07, 6.45) is -2.18. The molecule has 148 valence electrons. The van der Waals surface area contributed by atoms with Gasteiger partial charge in [0.2, 0.25) is 10.0 Å². The van der Waals surface area contributed by atoms with Crippen LogP contribution in [0.1, 0.15) is 0 Å². The summed E-state index contributed by atoms with van der Waals surface area (Å²) in [7, 11) is 2.11. The summed E-state index contributed by atoms with van der Waals surface area (Å²) in [5, 5.41) is 19.9. The molecule has 0 saturated carbocycles. The second-order valence-electron chi connectivity index (χ2n) is 6.83. The van der Waals surface area contributed by atoms with Gasteiger partial charge in [-0.05, 0) is 33.3 Å². The lowest BCUT2D eigenvalue weighted by molar-refractivity contribution is -0.0201. The minimum absolute atomic E-state index is 0.0156. The number of likely N-dealkylation sites (N-methyl/N-ethyl adjacent to an activating group) is 2. The molecule has 0 aliphatic carbocycles. The number of benzene rings is 1. The van der Waals surface area contributed by atoms with Crippen molar-refractivity contribution in [1.82, 2.24) is 14.5 Å². The van der Waals surface area contributed by atoms with Gasteiger partial charge in [0, 0.05) is 19.6 Å². The molecule has 0 aromatic heterocycles. The van der Waals surface area contributed by atoms with E-state index in [4.69, 9.17) is 4.74 Å². The lowest BCUT2D eigenvalue weighted by atomic mass is 10.0. The maximum atomic E-state index is 12.4. The SMILES string of the molecule is CN(C)CCN(C)[C@H]1[C@H](O)[C@H](CO)O[C@@H]1CNS(=O)(=O)c1ccccc1. The van der Waals surface area contributed by atoms with Crippen molar-refractivity contribution in [2.24, 2.45) is 0 Å². The van der Waals surface area contributed by atoms with Gasteiger partial charge in [0.25, 0.3) is 0 Å². The lowest BCUT2D eigenvalue weighted by Crippen LogP contribution is -2.51. The van der Waals surface area contributed by atoms with Crippen LogP contribution in [-0.2, 0) is 14.8 Å². The standard InChI is InChI=1S/C17H29N3O5S/c1-19(2)9-10-20(3)16-14(25-15(12-21)17(16)22)11-18-26(23,24)13-7-5-4-6-8-13/h4-8,14-18,21-22H,9-12H2,1-3H3/t14-,15+,16-,17-/m1/s1. The van der Waals surface area contributed by atoms with Crippen molar-refractivity contribution in [3.05, 3.63) is 30.3 Å².